The summed E-state index contributed by atoms with van der Waals surface area (Å²) in [7, 11) is 0. The number of nitrogens with zero attached hydrogens (tertiary/aromatic N) is 1. The second-order valence-corrected chi connectivity index (χ2v) is 9.27. The zero-order chi connectivity index (χ0) is 19.6. The molecule has 1 aliphatic carbocycles. The standard InChI is InChI=1S/C23H28N2O2S/c1-23(22(27)24-18-10-4-2-3-5-11-18)15-17-9-6-7-13-20(17)21(26)25(23)16-19-12-8-14-28-19/h6-9,12-14,18H,2-5,10-11,15-16H2,1H3,(H,24,27)/t23-/m0/s1. The molecule has 1 aromatic heterocycles. The lowest BCUT2D eigenvalue weighted by Crippen LogP contribution is -2.63. The minimum Gasteiger partial charge on any atom is -0.351 e. The van der Waals surface area contributed by atoms with E-state index in [2.05, 4.69) is 5.32 Å². The summed E-state index contributed by atoms with van der Waals surface area (Å²) in [6, 6.07) is 11.9. The summed E-state index contributed by atoms with van der Waals surface area (Å²) in [6.07, 6.45) is 7.47. The first kappa shape index (κ1) is 19.2. The van der Waals surface area contributed by atoms with Crippen LogP contribution in [0.2, 0.25) is 0 Å². The average Bonchev–Trinajstić information content (AvgIpc) is 3.08. The molecule has 1 atom stereocenters. The van der Waals surface area contributed by atoms with E-state index in [-0.39, 0.29) is 17.9 Å². The van der Waals surface area contributed by atoms with Gasteiger partial charge in [0.05, 0.1) is 6.54 Å². The lowest BCUT2D eigenvalue weighted by molar-refractivity contribution is -0.132. The first-order chi connectivity index (χ1) is 13.6. The third-order valence-electron chi connectivity index (χ3n) is 6.20. The number of benzene rings is 1. The van der Waals surface area contributed by atoms with Gasteiger partial charge in [-0.2, -0.15) is 0 Å². The lowest BCUT2D eigenvalue weighted by Gasteiger charge is -2.44. The molecule has 1 aromatic carbocycles. The van der Waals surface area contributed by atoms with Gasteiger partial charge in [0.25, 0.3) is 5.91 Å². The highest BCUT2D eigenvalue weighted by Gasteiger charge is 2.47. The molecule has 28 heavy (non-hydrogen) atoms. The van der Waals surface area contributed by atoms with E-state index in [1.54, 1.807) is 16.2 Å². The van der Waals surface area contributed by atoms with Gasteiger partial charge in [-0.25, -0.2) is 0 Å². The summed E-state index contributed by atoms with van der Waals surface area (Å²) in [5.41, 5.74) is 0.814. The molecule has 0 radical (unpaired) electrons. The van der Waals surface area contributed by atoms with Crippen LogP contribution >= 0.6 is 11.3 Å². The minimum absolute atomic E-state index is 0.0150. The molecular formula is C23H28N2O2S. The van der Waals surface area contributed by atoms with Gasteiger partial charge in [0.1, 0.15) is 5.54 Å². The Bertz CT molecular complexity index is 840. The zero-order valence-corrected chi connectivity index (χ0v) is 17.3. The van der Waals surface area contributed by atoms with Crippen LogP contribution in [0.5, 0.6) is 0 Å². The van der Waals surface area contributed by atoms with E-state index in [4.69, 9.17) is 0 Å². The maximum absolute atomic E-state index is 13.5. The normalized spacial score (nSPS) is 23.2. The highest BCUT2D eigenvalue weighted by Crippen LogP contribution is 2.34. The molecule has 0 spiro atoms. The Kier molecular flexibility index (Phi) is 5.54. The molecule has 5 heteroatoms. The Morgan fingerprint density at radius 2 is 1.89 bits per heavy atom. The summed E-state index contributed by atoms with van der Waals surface area (Å²) in [6.45, 7) is 2.40. The van der Waals surface area contributed by atoms with Crippen LogP contribution in [-0.4, -0.2) is 28.3 Å². The highest BCUT2D eigenvalue weighted by molar-refractivity contribution is 7.09. The van der Waals surface area contributed by atoms with Crippen molar-refractivity contribution >= 4 is 23.2 Å². The fraction of sp³-hybridized carbons (Fsp3) is 0.478. The van der Waals surface area contributed by atoms with Gasteiger partial charge in [-0.1, -0.05) is 49.9 Å². The highest BCUT2D eigenvalue weighted by atomic mass is 32.1. The smallest absolute Gasteiger partial charge is 0.255 e. The van der Waals surface area contributed by atoms with E-state index in [1.165, 1.54) is 25.7 Å². The molecular weight excluding hydrogens is 368 g/mol. The van der Waals surface area contributed by atoms with Crippen LogP contribution in [0.15, 0.2) is 41.8 Å². The third-order valence-corrected chi connectivity index (χ3v) is 7.06. The fourth-order valence-electron chi connectivity index (χ4n) is 4.49. The quantitative estimate of drug-likeness (QED) is 0.771. The van der Waals surface area contributed by atoms with Crippen molar-refractivity contribution in [3.63, 3.8) is 0 Å². The predicted molar refractivity (Wildman–Crippen MR) is 112 cm³/mol. The van der Waals surface area contributed by atoms with E-state index in [0.717, 1.165) is 28.8 Å². The molecule has 2 aromatic rings. The third kappa shape index (κ3) is 3.72. The number of nitrogens with one attached hydrogen (secondary N) is 1. The predicted octanol–water partition coefficient (Wildman–Crippen LogP) is 4.54. The van der Waals surface area contributed by atoms with Crippen LogP contribution in [0.3, 0.4) is 0 Å². The first-order valence-electron chi connectivity index (χ1n) is 10.3. The number of fused-ring (bicyclic) bond motifs is 1. The van der Waals surface area contributed by atoms with Gasteiger partial charge < -0.3 is 10.2 Å². The Hall–Kier alpha value is -2.14. The van der Waals surface area contributed by atoms with Crippen molar-refractivity contribution in [3.8, 4) is 0 Å². The van der Waals surface area contributed by atoms with Gasteiger partial charge in [0.2, 0.25) is 5.91 Å². The van der Waals surface area contributed by atoms with Gasteiger partial charge in [-0.15, -0.1) is 11.3 Å². The molecule has 0 saturated heterocycles. The number of hydrogen-bond acceptors (Lipinski definition) is 3. The second kappa shape index (κ2) is 8.08. The van der Waals surface area contributed by atoms with Gasteiger partial charge >= 0.3 is 0 Å². The molecule has 2 heterocycles. The van der Waals surface area contributed by atoms with Crippen molar-refractivity contribution in [2.75, 3.05) is 0 Å². The van der Waals surface area contributed by atoms with Gasteiger partial charge in [-0.05, 0) is 42.8 Å². The van der Waals surface area contributed by atoms with Crippen LogP contribution in [-0.2, 0) is 17.8 Å². The molecule has 0 unspecified atom stereocenters. The monoisotopic (exact) mass is 396 g/mol. The van der Waals surface area contributed by atoms with Crippen molar-refractivity contribution in [3.05, 3.63) is 57.8 Å². The van der Waals surface area contributed by atoms with Crippen LogP contribution in [0.1, 0.15) is 66.2 Å². The molecule has 2 aliphatic rings. The summed E-state index contributed by atoms with van der Waals surface area (Å²) < 4.78 is 0. The molecule has 4 rings (SSSR count). The minimum atomic E-state index is -0.873. The number of amides is 2. The van der Waals surface area contributed by atoms with E-state index < -0.39 is 5.54 Å². The lowest BCUT2D eigenvalue weighted by atomic mass is 9.82. The van der Waals surface area contributed by atoms with Crippen molar-refractivity contribution in [1.82, 2.24) is 10.2 Å². The number of rotatable bonds is 4. The average molecular weight is 397 g/mol. The van der Waals surface area contributed by atoms with Crippen LogP contribution < -0.4 is 5.32 Å². The number of hydrogen-bond donors (Lipinski definition) is 1. The Morgan fingerprint density at radius 1 is 1.14 bits per heavy atom. The van der Waals surface area contributed by atoms with Crippen LogP contribution in [0, 0.1) is 0 Å². The van der Waals surface area contributed by atoms with Crippen molar-refractivity contribution in [1.29, 1.82) is 0 Å². The van der Waals surface area contributed by atoms with E-state index in [0.29, 0.717) is 13.0 Å². The van der Waals surface area contributed by atoms with Crippen molar-refractivity contribution in [2.24, 2.45) is 0 Å². The van der Waals surface area contributed by atoms with Gasteiger partial charge in [-0.3, -0.25) is 9.59 Å². The number of carbonyl (C=O) groups excluding carboxylic acids is 2. The Balaban J connectivity index is 1.64. The van der Waals surface area contributed by atoms with Gasteiger partial charge in [0.15, 0.2) is 0 Å². The molecule has 1 aliphatic heterocycles. The molecule has 1 saturated carbocycles. The van der Waals surface area contributed by atoms with Crippen molar-refractivity contribution < 1.29 is 9.59 Å². The van der Waals surface area contributed by atoms with Gasteiger partial charge in [0, 0.05) is 22.9 Å². The maximum Gasteiger partial charge on any atom is 0.255 e. The summed E-state index contributed by atoms with van der Waals surface area (Å²) in [5.74, 6) is -0.0624. The number of carbonyl (C=O) groups is 2. The molecule has 1 fully saturated rings. The maximum atomic E-state index is 13.5. The molecule has 148 valence electrons. The number of thiophene rings is 1. The molecule has 4 nitrogen and oxygen atoms in total. The van der Waals surface area contributed by atoms with Crippen LogP contribution in [0.4, 0.5) is 0 Å². The summed E-state index contributed by atoms with van der Waals surface area (Å²) in [5, 5.41) is 5.32. The zero-order valence-electron chi connectivity index (χ0n) is 16.4. The molecule has 2 amide bonds. The van der Waals surface area contributed by atoms with Crippen molar-refractivity contribution in [2.45, 2.75) is 70.0 Å². The van der Waals surface area contributed by atoms with E-state index in [9.17, 15) is 9.59 Å². The first-order valence-corrected chi connectivity index (χ1v) is 11.2. The molecule has 1 N–H and O–H groups in total. The SMILES string of the molecule is C[C@@]1(C(=O)NC2CCCCCC2)Cc2ccccc2C(=O)N1Cc1cccs1. The topological polar surface area (TPSA) is 49.4 Å². The summed E-state index contributed by atoms with van der Waals surface area (Å²) in [4.78, 5) is 29.7. The van der Waals surface area contributed by atoms with E-state index in [1.807, 2.05) is 48.7 Å². The van der Waals surface area contributed by atoms with E-state index >= 15 is 0 Å². The molecule has 0 bridgehead atoms. The Morgan fingerprint density at radius 3 is 2.61 bits per heavy atom. The Labute approximate surface area is 170 Å². The largest absolute Gasteiger partial charge is 0.351 e. The second-order valence-electron chi connectivity index (χ2n) is 8.24. The fourth-order valence-corrected chi connectivity index (χ4v) is 5.18. The summed E-state index contributed by atoms with van der Waals surface area (Å²) >= 11 is 1.63. The van der Waals surface area contributed by atoms with Crippen LogP contribution in [0.25, 0.3) is 0 Å².